The summed E-state index contributed by atoms with van der Waals surface area (Å²) < 4.78 is 0. The number of hydrogen-bond acceptors (Lipinski definition) is 2. The number of carbonyl (C=O) groups excluding carboxylic acids is 1. The summed E-state index contributed by atoms with van der Waals surface area (Å²) >= 11 is 5.29. The molecule has 0 bridgehead atoms. The zero-order valence-corrected chi connectivity index (χ0v) is 7.57. The Hall–Kier alpha value is -0.830. The van der Waals surface area contributed by atoms with Crippen molar-refractivity contribution in [1.82, 2.24) is 4.90 Å². The van der Waals surface area contributed by atoms with Crippen LogP contribution in [0.2, 0.25) is 0 Å². The van der Waals surface area contributed by atoms with Crippen molar-refractivity contribution in [1.29, 1.82) is 5.41 Å². The van der Waals surface area contributed by atoms with Gasteiger partial charge in [-0.2, -0.15) is 0 Å². The van der Waals surface area contributed by atoms with E-state index in [1.807, 2.05) is 0 Å². The Morgan fingerprint density at radius 2 is 2.00 bits per heavy atom. The molecule has 0 rings (SSSR count). The molecule has 62 valence electrons. The fourth-order valence-electron chi connectivity index (χ4n) is 0.529. The van der Waals surface area contributed by atoms with Crippen molar-refractivity contribution in [3.8, 4) is 0 Å². The molecule has 0 aliphatic carbocycles. The molecular formula is C7H11ClN2O. The van der Waals surface area contributed by atoms with E-state index in [0.29, 0.717) is 5.70 Å². The predicted molar refractivity (Wildman–Crippen MR) is 45.8 cm³/mol. The SMILES string of the molecule is CC(=O)N(C)/C(C)=C/C(=N)Cl. The van der Waals surface area contributed by atoms with Gasteiger partial charge in [-0.05, 0) is 13.0 Å². The quantitative estimate of drug-likeness (QED) is 0.635. The molecule has 3 nitrogen and oxygen atoms in total. The van der Waals surface area contributed by atoms with Gasteiger partial charge in [0.2, 0.25) is 5.91 Å². The molecule has 0 unspecified atom stereocenters. The Labute approximate surface area is 71.1 Å². The third kappa shape index (κ3) is 3.78. The number of amides is 1. The largest absolute Gasteiger partial charge is 0.320 e. The van der Waals surface area contributed by atoms with Gasteiger partial charge in [-0.3, -0.25) is 10.2 Å². The number of nitrogens with one attached hydrogen (secondary N) is 1. The fourth-order valence-corrected chi connectivity index (χ4v) is 0.686. The normalized spacial score (nSPS) is 11.1. The second-order valence-electron chi connectivity index (χ2n) is 2.21. The Bertz CT molecular complexity index is 210. The molecule has 0 saturated heterocycles. The molecule has 0 atom stereocenters. The lowest BCUT2D eigenvalue weighted by atomic mass is 10.4. The summed E-state index contributed by atoms with van der Waals surface area (Å²) in [6.45, 7) is 3.17. The summed E-state index contributed by atoms with van der Waals surface area (Å²) in [5.41, 5.74) is 0.664. The molecule has 0 radical (unpaired) electrons. The molecule has 0 saturated carbocycles. The summed E-state index contributed by atoms with van der Waals surface area (Å²) in [7, 11) is 1.63. The van der Waals surface area contributed by atoms with E-state index in [2.05, 4.69) is 0 Å². The molecule has 0 heterocycles. The lowest BCUT2D eigenvalue weighted by molar-refractivity contribution is -0.125. The van der Waals surface area contributed by atoms with Crippen molar-refractivity contribution in [2.24, 2.45) is 0 Å². The monoisotopic (exact) mass is 174 g/mol. The van der Waals surface area contributed by atoms with Crippen molar-refractivity contribution in [3.63, 3.8) is 0 Å². The van der Waals surface area contributed by atoms with Crippen LogP contribution >= 0.6 is 11.6 Å². The van der Waals surface area contributed by atoms with E-state index >= 15 is 0 Å². The molecule has 0 fully saturated rings. The van der Waals surface area contributed by atoms with Crippen molar-refractivity contribution < 1.29 is 4.79 Å². The maximum absolute atomic E-state index is 10.7. The van der Waals surface area contributed by atoms with Gasteiger partial charge in [0.1, 0.15) is 5.17 Å². The molecular weight excluding hydrogens is 164 g/mol. The molecule has 0 aliphatic rings. The topological polar surface area (TPSA) is 44.2 Å². The number of hydrogen-bond donors (Lipinski definition) is 1. The molecule has 11 heavy (non-hydrogen) atoms. The minimum atomic E-state index is -0.0735. The van der Waals surface area contributed by atoms with Gasteiger partial charge in [0, 0.05) is 19.7 Å². The van der Waals surface area contributed by atoms with Gasteiger partial charge in [0.25, 0.3) is 0 Å². The minimum Gasteiger partial charge on any atom is -0.320 e. The van der Waals surface area contributed by atoms with E-state index in [1.165, 1.54) is 17.9 Å². The average molecular weight is 175 g/mol. The van der Waals surface area contributed by atoms with Gasteiger partial charge in [-0.25, -0.2) is 0 Å². The van der Waals surface area contributed by atoms with Crippen molar-refractivity contribution in [2.45, 2.75) is 13.8 Å². The van der Waals surface area contributed by atoms with Crippen LogP contribution < -0.4 is 0 Å². The average Bonchev–Trinajstić information content (AvgIpc) is 1.84. The minimum absolute atomic E-state index is 0.0725. The van der Waals surface area contributed by atoms with Crippen LogP contribution in [0.3, 0.4) is 0 Å². The van der Waals surface area contributed by atoms with Crippen LogP contribution in [-0.2, 0) is 4.79 Å². The van der Waals surface area contributed by atoms with E-state index in [1.54, 1.807) is 14.0 Å². The molecule has 0 aromatic rings. The molecule has 1 N–H and O–H groups in total. The van der Waals surface area contributed by atoms with Crippen LogP contribution in [0.15, 0.2) is 11.8 Å². The van der Waals surface area contributed by atoms with Crippen LogP contribution in [0.1, 0.15) is 13.8 Å². The van der Waals surface area contributed by atoms with E-state index in [9.17, 15) is 4.79 Å². The molecule has 0 spiro atoms. The smallest absolute Gasteiger partial charge is 0.223 e. The Morgan fingerprint density at radius 1 is 1.55 bits per heavy atom. The Morgan fingerprint density at radius 3 is 2.27 bits per heavy atom. The molecule has 0 aromatic carbocycles. The highest BCUT2D eigenvalue weighted by Gasteiger charge is 2.03. The first-order valence-corrected chi connectivity index (χ1v) is 3.49. The highest BCUT2D eigenvalue weighted by molar-refractivity contribution is 6.67. The standard InChI is InChI=1S/C7H11ClN2O/c1-5(4-7(8)9)10(3)6(2)11/h4,9H,1-3H3/b5-4+,9-7?. The highest BCUT2D eigenvalue weighted by Crippen LogP contribution is 2.01. The van der Waals surface area contributed by atoms with Crippen LogP contribution in [0.5, 0.6) is 0 Å². The van der Waals surface area contributed by atoms with E-state index in [4.69, 9.17) is 17.0 Å². The molecule has 0 aliphatic heterocycles. The summed E-state index contributed by atoms with van der Waals surface area (Å²) in [6.07, 6.45) is 1.42. The maximum atomic E-state index is 10.7. The zero-order valence-electron chi connectivity index (χ0n) is 6.81. The summed E-state index contributed by atoms with van der Waals surface area (Å²) in [5, 5.41) is 6.84. The third-order valence-electron chi connectivity index (χ3n) is 1.34. The van der Waals surface area contributed by atoms with E-state index < -0.39 is 0 Å². The van der Waals surface area contributed by atoms with Crippen LogP contribution in [-0.4, -0.2) is 23.0 Å². The first-order valence-electron chi connectivity index (χ1n) is 3.11. The van der Waals surface area contributed by atoms with Gasteiger partial charge >= 0.3 is 0 Å². The van der Waals surface area contributed by atoms with Crippen LogP contribution in [0.4, 0.5) is 0 Å². The van der Waals surface area contributed by atoms with Crippen LogP contribution in [0, 0.1) is 5.41 Å². The summed E-state index contributed by atoms with van der Waals surface area (Å²) in [4.78, 5) is 12.2. The van der Waals surface area contributed by atoms with Gasteiger partial charge in [0.05, 0.1) is 0 Å². The predicted octanol–water partition coefficient (Wildman–Crippen LogP) is 1.58. The van der Waals surface area contributed by atoms with Crippen molar-refractivity contribution >= 4 is 22.7 Å². The number of nitrogens with zero attached hydrogens (tertiary/aromatic N) is 1. The summed E-state index contributed by atoms with van der Waals surface area (Å²) in [5.74, 6) is -0.0725. The number of rotatable bonds is 2. The van der Waals surface area contributed by atoms with Gasteiger partial charge < -0.3 is 4.90 Å². The van der Waals surface area contributed by atoms with Crippen LogP contribution in [0.25, 0.3) is 0 Å². The van der Waals surface area contributed by atoms with E-state index in [0.717, 1.165) is 0 Å². The number of carbonyl (C=O) groups is 1. The fraction of sp³-hybridized carbons (Fsp3) is 0.429. The van der Waals surface area contributed by atoms with Gasteiger partial charge in [-0.15, -0.1) is 0 Å². The zero-order chi connectivity index (χ0) is 9.02. The molecule has 1 amide bonds. The van der Waals surface area contributed by atoms with E-state index in [-0.39, 0.29) is 11.1 Å². The second-order valence-corrected chi connectivity index (χ2v) is 2.62. The van der Waals surface area contributed by atoms with Crippen molar-refractivity contribution in [2.75, 3.05) is 7.05 Å². The first kappa shape index (κ1) is 10.2. The highest BCUT2D eigenvalue weighted by atomic mass is 35.5. The Kier molecular flexibility index (Phi) is 3.82. The maximum Gasteiger partial charge on any atom is 0.223 e. The lowest BCUT2D eigenvalue weighted by Crippen LogP contribution is -2.21. The summed E-state index contributed by atoms with van der Waals surface area (Å²) in [6, 6.07) is 0. The third-order valence-corrected chi connectivity index (χ3v) is 1.45. The lowest BCUT2D eigenvalue weighted by Gasteiger charge is -2.14. The Balaban J connectivity index is 4.35. The number of halogens is 1. The van der Waals surface area contributed by atoms with Gasteiger partial charge in [0.15, 0.2) is 0 Å². The first-order chi connectivity index (χ1) is 4.95. The second kappa shape index (κ2) is 4.13. The number of allylic oxidation sites excluding steroid dienone is 2. The van der Waals surface area contributed by atoms with Gasteiger partial charge in [-0.1, -0.05) is 11.6 Å². The molecule has 0 aromatic heterocycles. The van der Waals surface area contributed by atoms with Crippen molar-refractivity contribution in [3.05, 3.63) is 11.8 Å². The molecule has 4 heteroatoms.